The molecule has 7 heteroatoms. The SMILES string of the molecule is C/C(=N/NC(=O)C(N)=O)c1ccc(NC(=O)C2CC2)cc1. The van der Waals surface area contributed by atoms with Gasteiger partial charge in [0.05, 0.1) is 5.71 Å². The number of nitrogens with one attached hydrogen (secondary N) is 2. The van der Waals surface area contributed by atoms with E-state index in [4.69, 9.17) is 5.73 Å². The molecule has 7 nitrogen and oxygen atoms in total. The molecule has 1 aromatic carbocycles. The van der Waals surface area contributed by atoms with Crippen molar-refractivity contribution >= 4 is 29.1 Å². The lowest BCUT2D eigenvalue weighted by Crippen LogP contribution is -2.33. The van der Waals surface area contributed by atoms with Gasteiger partial charge in [-0.2, -0.15) is 5.10 Å². The second-order valence-corrected chi connectivity index (χ2v) is 4.84. The Hall–Kier alpha value is -2.70. The van der Waals surface area contributed by atoms with E-state index in [1.54, 1.807) is 31.2 Å². The number of hydrogen-bond donors (Lipinski definition) is 3. The molecule has 1 aromatic rings. The molecule has 1 aliphatic rings. The topological polar surface area (TPSA) is 114 Å². The van der Waals surface area contributed by atoms with Crippen molar-refractivity contribution in [1.29, 1.82) is 0 Å². The van der Waals surface area contributed by atoms with E-state index >= 15 is 0 Å². The van der Waals surface area contributed by atoms with Crippen molar-refractivity contribution in [2.75, 3.05) is 5.32 Å². The third-order valence-electron chi connectivity index (χ3n) is 3.07. The first kappa shape index (κ1) is 14.7. The molecule has 1 aliphatic carbocycles. The molecule has 0 radical (unpaired) electrons. The van der Waals surface area contributed by atoms with E-state index in [-0.39, 0.29) is 11.8 Å². The number of carbonyl (C=O) groups is 3. The van der Waals surface area contributed by atoms with Crippen LogP contribution in [-0.2, 0) is 14.4 Å². The van der Waals surface area contributed by atoms with Crippen molar-refractivity contribution in [2.45, 2.75) is 19.8 Å². The fraction of sp³-hybridized carbons (Fsp3) is 0.286. The lowest BCUT2D eigenvalue weighted by molar-refractivity contribution is -0.137. The Morgan fingerprint density at radius 1 is 1.19 bits per heavy atom. The van der Waals surface area contributed by atoms with Crippen molar-refractivity contribution in [3.8, 4) is 0 Å². The summed E-state index contributed by atoms with van der Waals surface area (Å²) in [4.78, 5) is 33.1. The van der Waals surface area contributed by atoms with Crippen molar-refractivity contribution in [3.63, 3.8) is 0 Å². The van der Waals surface area contributed by atoms with Gasteiger partial charge in [0, 0.05) is 11.6 Å². The van der Waals surface area contributed by atoms with E-state index < -0.39 is 11.8 Å². The zero-order chi connectivity index (χ0) is 15.4. The van der Waals surface area contributed by atoms with Gasteiger partial charge in [-0.05, 0) is 37.5 Å². The molecule has 0 heterocycles. The van der Waals surface area contributed by atoms with Crippen LogP contribution in [0.1, 0.15) is 25.3 Å². The summed E-state index contributed by atoms with van der Waals surface area (Å²) in [5, 5.41) is 6.60. The van der Waals surface area contributed by atoms with Gasteiger partial charge in [-0.15, -0.1) is 0 Å². The predicted molar refractivity (Wildman–Crippen MR) is 77.3 cm³/mol. The van der Waals surface area contributed by atoms with Crippen molar-refractivity contribution < 1.29 is 14.4 Å². The van der Waals surface area contributed by atoms with Crippen molar-refractivity contribution in [2.24, 2.45) is 16.8 Å². The molecular formula is C14H16N4O3. The molecule has 0 spiro atoms. The van der Waals surface area contributed by atoms with Crippen LogP contribution >= 0.6 is 0 Å². The molecule has 1 saturated carbocycles. The first-order valence-electron chi connectivity index (χ1n) is 6.52. The Bertz CT molecular complexity index is 603. The highest BCUT2D eigenvalue weighted by Crippen LogP contribution is 2.30. The van der Waals surface area contributed by atoms with Crippen LogP contribution in [-0.4, -0.2) is 23.4 Å². The molecule has 110 valence electrons. The van der Waals surface area contributed by atoms with Gasteiger partial charge < -0.3 is 11.1 Å². The number of nitrogens with two attached hydrogens (primary N) is 1. The number of hydrazone groups is 1. The normalized spacial score (nSPS) is 14.4. The zero-order valence-corrected chi connectivity index (χ0v) is 11.6. The average molecular weight is 288 g/mol. The summed E-state index contributed by atoms with van der Waals surface area (Å²) in [5.74, 6) is -1.87. The molecule has 0 aromatic heterocycles. The summed E-state index contributed by atoms with van der Waals surface area (Å²) < 4.78 is 0. The molecule has 1 fully saturated rings. The van der Waals surface area contributed by atoms with Gasteiger partial charge >= 0.3 is 11.8 Å². The largest absolute Gasteiger partial charge is 0.361 e. The van der Waals surface area contributed by atoms with Gasteiger partial charge in [0.2, 0.25) is 5.91 Å². The lowest BCUT2D eigenvalue weighted by Gasteiger charge is -2.06. The number of rotatable bonds is 4. The first-order chi connectivity index (χ1) is 9.97. The summed E-state index contributed by atoms with van der Waals surface area (Å²) in [6, 6.07) is 7.03. The van der Waals surface area contributed by atoms with Crippen LogP contribution in [0.2, 0.25) is 0 Å². The predicted octanol–water partition coefficient (Wildman–Crippen LogP) is 0.361. The maximum atomic E-state index is 11.6. The Kier molecular flexibility index (Phi) is 4.32. The maximum absolute atomic E-state index is 11.6. The first-order valence-corrected chi connectivity index (χ1v) is 6.52. The van der Waals surface area contributed by atoms with Crippen LogP contribution in [0.4, 0.5) is 5.69 Å². The molecule has 0 bridgehead atoms. The van der Waals surface area contributed by atoms with E-state index in [1.165, 1.54) is 0 Å². The second-order valence-electron chi connectivity index (χ2n) is 4.84. The average Bonchev–Trinajstić information content (AvgIpc) is 3.29. The fourth-order valence-corrected chi connectivity index (χ4v) is 1.64. The summed E-state index contributed by atoms with van der Waals surface area (Å²) >= 11 is 0. The Morgan fingerprint density at radius 3 is 2.33 bits per heavy atom. The number of carbonyl (C=O) groups excluding carboxylic acids is 3. The summed E-state index contributed by atoms with van der Waals surface area (Å²) in [7, 11) is 0. The van der Waals surface area contributed by atoms with Crippen LogP contribution < -0.4 is 16.5 Å². The van der Waals surface area contributed by atoms with Gasteiger partial charge in [-0.3, -0.25) is 14.4 Å². The third kappa shape index (κ3) is 4.13. The monoisotopic (exact) mass is 288 g/mol. The number of nitrogens with zero attached hydrogens (tertiary/aromatic N) is 1. The number of hydrogen-bond acceptors (Lipinski definition) is 4. The van der Waals surface area contributed by atoms with Crippen molar-refractivity contribution in [1.82, 2.24) is 5.43 Å². The highest BCUT2D eigenvalue weighted by Gasteiger charge is 2.29. The Labute approximate surface area is 121 Å². The van der Waals surface area contributed by atoms with E-state index in [0.29, 0.717) is 11.4 Å². The molecular weight excluding hydrogens is 272 g/mol. The highest BCUT2D eigenvalue weighted by atomic mass is 16.2. The molecule has 2 rings (SSSR count). The number of amides is 3. The minimum atomic E-state index is -1.09. The van der Waals surface area contributed by atoms with Gasteiger partial charge in [0.1, 0.15) is 0 Å². The highest BCUT2D eigenvalue weighted by molar-refractivity contribution is 6.34. The van der Waals surface area contributed by atoms with Gasteiger partial charge in [-0.25, -0.2) is 5.43 Å². The molecule has 21 heavy (non-hydrogen) atoms. The molecule has 3 amide bonds. The molecule has 0 aliphatic heterocycles. The van der Waals surface area contributed by atoms with Crippen LogP contribution in [0.3, 0.4) is 0 Å². The Balaban J connectivity index is 1.97. The fourth-order valence-electron chi connectivity index (χ4n) is 1.64. The van der Waals surface area contributed by atoms with Crippen LogP contribution in [0.15, 0.2) is 29.4 Å². The van der Waals surface area contributed by atoms with Gasteiger partial charge in [-0.1, -0.05) is 12.1 Å². The quantitative estimate of drug-likeness (QED) is 0.422. The van der Waals surface area contributed by atoms with E-state index in [1.807, 2.05) is 0 Å². The van der Waals surface area contributed by atoms with Crippen LogP contribution in [0.5, 0.6) is 0 Å². The summed E-state index contributed by atoms with van der Waals surface area (Å²) in [6.45, 7) is 1.68. The number of benzene rings is 1. The number of anilines is 1. The summed E-state index contributed by atoms with van der Waals surface area (Å²) in [5.41, 5.74) is 8.84. The van der Waals surface area contributed by atoms with E-state index in [9.17, 15) is 14.4 Å². The molecule has 4 N–H and O–H groups in total. The van der Waals surface area contributed by atoms with Gasteiger partial charge in [0.25, 0.3) is 0 Å². The molecule has 0 saturated heterocycles. The molecule has 0 unspecified atom stereocenters. The minimum Gasteiger partial charge on any atom is -0.361 e. The maximum Gasteiger partial charge on any atom is 0.329 e. The second kappa shape index (κ2) is 6.17. The van der Waals surface area contributed by atoms with Crippen LogP contribution in [0.25, 0.3) is 0 Å². The van der Waals surface area contributed by atoms with Crippen LogP contribution in [0, 0.1) is 5.92 Å². The lowest BCUT2D eigenvalue weighted by atomic mass is 10.1. The Morgan fingerprint density at radius 2 is 1.81 bits per heavy atom. The van der Waals surface area contributed by atoms with E-state index in [0.717, 1.165) is 18.4 Å². The van der Waals surface area contributed by atoms with Gasteiger partial charge in [0.15, 0.2) is 0 Å². The third-order valence-corrected chi connectivity index (χ3v) is 3.07. The zero-order valence-electron chi connectivity index (χ0n) is 11.6. The molecule has 0 atom stereocenters. The summed E-state index contributed by atoms with van der Waals surface area (Å²) in [6.07, 6.45) is 1.91. The standard InChI is InChI=1S/C14H16N4O3/c1-8(17-18-14(21)12(15)19)9-4-6-11(7-5-9)16-13(20)10-2-3-10/h4-7,10H,2-3H2,1H3,(H2,15,19)(H,16,20)(H,18,21)/b17-8-. The minimum absolute atomic E-state index is 0.0434. The smallest absolute Gasteiger partial charge is 0.329 e. The van der Waals surface area contributed by atoms with Crippen molar-refractivity contribution in [3.05, 3.63) is 29.8 Å². The number of primary amides is 1. The van der Waals surface area contributed by atoms with E-state index in [2.05, 4.69) is 15.8 Å².